The van der Waals surface area contributed by atoms with Crippen LogP contribution in [0.2, 0.25) is 0 Å². The molecule has 0 fully saturated rings. The second-order valence-electron chi connectivity index (χ2n) is 6.87. The zero-order valence-corrected chi connectivity index (χ0v) is 15.9. The standard InChI is InChI=1S/C26H24N2/c1-2-26(25-11-7-4-8-12-25)28-19-15-24(16-20-28)23-13-17-27(18-14-23)21-22-9-5-3-6-10-22/h2-20,26H,1,21H2/q+2. The van der Waals surface area contributed by atoms with Crippen molar-refractivity contribution in [3.8, 4) is 11.1 Å². The van der Waals surface area contributed by atoms with E-state index in [0.29, 0.717) is 0 Å². The summed E-state index contributed by atoms with van der Waals surface area (Å²) in [6, 6.07) is 29.8. The largest absolute Gasteiger partial charge is 0.201 e. The van der Waals surface area contributed by atoms with Gasteiger partial charge in [0.05, 0.1) is 0 Å². The highest BCUT2D eigenvalue weighted by Crippen LogP contribution is 2.18. The predicted octanol–water partition coefficient (Wildman–Crippen LogP) is 4.75. The second-order valence-corrected chi connectivity index (χ2v) is 6.87. The Kier molecular flexibility index (Phi) is 5.39. The Morgan fingerprint density at radius 3 is 1.79 bits per heavy atom. The van der Waals surface area contributed by atoms with Crippen molar-refractivity contribution in [3.05, 3.63) is 133 Å². The van der Waals surface area contributed by atoms with Gasteiger partial charge in [-0.2, -0.15) is 4.57 Å². The van der Waals surface area contributed by atoms with Gasteiger partial charge in [0.2, 0.25) is 6.04 Å². The Balaban J connectivity index is 1.51. The van der Waals surface area contributed by atoms with E-state index < -0.39 is 0 Å². The number of nitrogens with zero attached hydrogens (tertiary/aromatic N) is 2. The lowest BCUT2D eigenvalue weighted by atomic mass is 10.1. The van der Waals surface area contributed by atoms with Crippen molar-refractivity contribution in [2.24, 2.45) is 0 Å². The second kappa shape index (κ2) is 8.45. The topological polar surface area (TPSA) is 7.76 Å². The molecule has 0 spiro atoms. The average Bonchev–Trinajstić information content (AvgIpc) is 2.77. The van der Waals surface area contributed by atoms with Crippen molar-refractivity contribution in [2.45, 2.75) is 12.6 Å². The van der Waals surface area contributed by atoms with Crippen LogP contribution in [0.3, 0.4) is 0 Å². The maximum absolute atomic E-state index is 4.01. The van der Waals surface area contributed by atoms with Crippen LogP contribution in [0, 0.1) is 0 Å². The summed E-state index contributed by atoms with van der Waals surface area (Å²) < 4.78 is 4.38. The first-order valence-corrected chi connectivity index (χ1v) is 9.55. The van der Waals surface area contributed by atoms with Gasteiger partial charge < -0.3 is 0 Å². The Bertz CT molecular complexity index is 1020. The molecule has 0 radical (unpaired) electrons. The summed E-state index contributed by atoms with van der Waals surface area (Å²) in [6.07, 6.45) is 10.5. The summed E-state index contributed by atoms with van der Waals surface area (Å²) in [4.78, 5) is 0. The Morgan fingerprint density at radius 1 is 0.679 bits per heavy atom. The fourth-order valence-electron chi connectivity index (χ4n) is 3.45. The molecule has 2 heterocycles. The normalized spacial score (nSPS) is 11.7. The van der Waals surface area contributed by atoms with Gasteiger partial charge in [0, 0.05) is 35.4 Å². The van der Waals surface area contributed by atoms with Gasteiger partial charge >= 0.3 is 0 Å². The van der Waals surface area contributed by atoms with Crippen LogP contribution < -0.4 is 9.13 Å². The first-order valence-electron chi connectivity index (χ1n) is 9.55. The Labute approximate surface area is 166 Å². The van der Waals surface area contributed by atoms with Crippen LogP contribution in [0.4, 0.5) is 0 Å². The summed E-state index contributed by atoms with van der Waals surface area (Å²) in [6.45, 7) is 4.90. The molecule has 0 aliphatic heterocycles. The first kappa shape index (κ1) is 17.9. The SMILES string of the molecule is C=CC(c1ccccc1)[n+]1ccc(-c2cc[n+](Cc3ccccc3)cc2)cc1. The molecule has 4 rings (SSSR count). The number of hydrogen-bond acceptors (Lipinski definition) is 0. The van der Waals surface area contributed by atoms with E-state index in [1.165, 1.54) is 22.3 Å². The van der Waals surface area contributed by atoms with E-state index in [-0.39, 0.29) is 6.04 Å². The zero-order valence-electron chi connectivity index (χ0n) is 15.9. The number of rotatable bonds is 6. The van der Waals surface area contributed by atoms with E-state index in [0.717, 1.165) is 6.54 Å². The van der Waals surface area contributed by atoms with Crippen LogP contribution >= 0.6 is 0 Å². The molecule has 2 aromatic heterocycles. The van der Waals surface area contributed by atoms with Crippen molar-refractivity contribution in [1.82, 2.24) is 0 Å². The molecule has 2 heteroatoms. The lowest BCUT2D eigenvalue weighted by molar-refractivity contribution is -0.703. The van der Waals surface area contributed by atoms with E-state index >= 15 is 0 Å². The number of pyridine rings is 2. The summed E-state index contributed by atoms with van der Waals surface area (Å²) in [5.41, 5.74) is 4.96. The molecular weight excluding hydrogens is 340 g/mol. The smallest absolute Gasteiger partial charge is 0.201 e. The molecule has 2 aromatic carbocycles. The van der Waals surface area contributed by atoms with Crippen molar-refractivity contribution < 1.29 is 9.13 Å². The summed E-state index contributed by atoms with van der Waals surface area (Å²) in [5, 5.41) is 0. The minimum absolute atomic E-state index is 0.138. The summed E-state index contributed by atoms with van der Waals surface area (Å²) >= 11 is 0. The van der Waals surface area contributed by atoms with Crippen LogP contribution in [-0.4, -0.2) is 0 Å². The van der Waals surface area contributed by atoms with Gasteiger partial charge in [-0.3, -0.25) is 0 Å². The minimum atomic E-state index is 0.138. The van der Waals surface area contributed by atoms with Crippen LogP contribution in [0.15, 0.2) is 122 Å². The molecule has 2 nitrogen and oxygen atoms in total. The van der Waals surface area contributed by atoms with E-state index in [9.17, 15) is 0 Å². The molecule has 0 N–H and O–H groups in total. The zero-order chi connectivity index (χ0) is 19.2. The van der Waals surface area contributed by atoms with E-state index in [1.54, 1.807) is 0 Å². The third-order valence-electron chi connectivity index (χ3n) is 4.97. The predicted molar refractivity (Wildman–Crippen MR) is 113 cm³/mol. The highest BCUT2D eigenvalue weighted by molar-refractivity contribution is 5.61. The summed E-state index contributed by atoms with van der Waals surface area (Å²) in [7, 11) is 0. The lowest BCUT2D eigenvalue weighted by Gasteiger charge is -2.09. The monoisotopic (exact) mass is 364 g/mol. The molecule has 1 atom stereocenters. The quantitative estimate of drug-likeness (QED) is 0.344. The number of hydrogen-bond donors (Lipinski definition) is 0. The number of aromatic nitrogens is 2. The maximum atomic E-state index is 4.01. The van der Waals surface area contributed by atoms with Crippen LogP contribution in [0.25, 0.3) is 11.1 Å². The molecular formula is C26H24N2+2. The molecule has 0 aliphatic rings. The molecule has 0 saturated heterocycles. The van der Waals surface area contributed by atoms with Crippen LogP contribution in [0.5, 0.6) is 0 Å². The van der Waals surface area contributed by atoms with Crippen LogP contribution in [0.1, 0.15) is 17.2 Å². The first-order chi connectivity index (χ1) is 13.8. The van der Waals surface area contributed by atoms with Gasteiger partial charge in [0.25, 0.3) is 0 Å². The molecule has 0 amide bonds. The lowest BCUT2D eigenvalue weighted by Crippen LogP contribution is -2.38. The molecule has 136 valence electrons. The fourth-order valence-corrected chi connectivity index (χ4v) is 3.45. The Hall–Kier alpha value is -3.52. The van der Waals surface area contributed by atoms with Crippen molar-refractivity contribution >= 4 is 0 Å². The summed E-state index contributed by atoms with van der Waals surface area (Å²) in [5.74, 6) is 0. The van der Waals surface area contributed by atoms with Crippen LogP contribution in [-0.2, 0) is 6.54 Å². The minimum Gasteiger partial charge on any atom is -0.201 e. The van der Waals surface area contributed by atoms with Gasteiger partial charge in [0.15, 0.2) is 31.3 Å². The van der Waals surface area contributed by atoms with Gasteiger partial charge in [-0.15, -0.1) is 0 Å². The average molecular weight is 364 g/mol. The number of benzene rings is 2. The molecule has 4 aromatic rings. The van der Waals surface area contributed by atoms with E-state index in [2.05, 4.69) is 113 Å². The van der Waals surface area contributed by atoms with Gasteiger partial charge in [-0.1, -0.05) is 67.2 Å². The maximum Gasteiger partial charge on any atom is 0.201 e. The van der Waals surface area contributed by atoms with Crippen molar-refractivity contribution in [3.63, 3.8) is 0 Å². The van der Waals surface area contributed by atoms with E-state index in [4.69, 9.17) is 0 Å². The molecule has 28 heavy (non-hydrogen) atoms. The Morgan fingerprint density at radius 2 is 1.21 bits per heavy atom. The molecule has 0 saturated carbocycles. The molecule has 0 aliphatic carbocycles. The third-order valence-corrected chi connectivity index (χ3v) is 4.97. The highest BCUT2D eigenvalue weighted by Gasteiger charge is 2.16. The van der Waals surface area contributed by atoms with Gasteiger partial charge in [0.1, 0.15) is 0 Å². The number of allylic oxidation sites excluding steroid dienone is 1. The van der Waals surface area contributed by atoms with Gasteiger partial charge in [-0.05, 0) is 17.2 Å². The molecule has 1 unspecified atom stereocenters. The van der Waals surface area contributed by atoms with E-state index in [1.807, 2.05) is 18.2 Å². The van der Waals surface area contributed by atoms with Crippen molar-refractivity contribution in [1.29, 1.82) is 0 Å². The third kappa shape index (κ3) is 4.07. The fraction of sp³-hybridized carbons (Fsp3) is 0.0769. The molecule has 0 bridgehead atoms. The van der Waals surface area contributed by atoms with Crippen molar-refractivity contribution in [2.75, 3.05) is 0 Å². The van der Waals surface area contributed by atoms with Gasteiger partial charge in [-0.25, -0.2) is 4.57 Å². The highest BCUT2D eigenvalue weighted by atomic mass is 15.0.